The summed E-state index contributed by atoms with van der Waals surface area (Å²) in [5.74, 6) is 0.403. The third kappa shape index (κ3) is 1.25. The van der Waals surface area contributed by atoms with Gasteiger partial charge >= 0.3 is 0 Å². The van der Waals surface area contributed by atoms with E-state index >= 15 is 0 Å². The highest BCUT2D eigenvalue weighted by Crippen LogP contribution is 2.13. The van der Waals surface area contributed by atoms with Gasteiger partial charge in [0.05, 0.1) is 0 Å². The van der Waals surface area contributed by atoms with E-state index in [0.29, 0.717) is 5.75 Å². The lowest BCUT2D eigenvalue weighted by atomic mass is 9.96. The molecule has 1 aromatic carbocycles. The zero-order valence-electron chi connectivity index (χ0n) is 5.46. The number of hydrogen-bond acceptors (Lipinski definition) is 1. The molecule has 0 aliphatic carbocycles. The van der Waals surface area contributed by atoms with Crippen molar-refractivity contribution < 1.29 is 5.11 Å². The quantitative estimate of drug-likeness (QED) is 0.535. The molecule has 2 heteroatoms. The molecule has 0 saturated carbocycles. The second-order valence-electron chi connectivity index (χ2n) is 1.98. The fourth-order valence-corrected chi connectivity index (χ4v) is 0.810. The SMILES string of the molecule is BCc1ccccc1O. The minimum Gasteiger partial charge on any atom is -0.508 e. The van der Waals surface area contributed by atoms with E-state index in [4.69, 9.17) is 5.11 Å². The van der Waals surface area contributed by atoms with Gasteiger partial charge in [-0.2, -0.15) is 0 Å². The standard InChI is InChI=1S/C7H9BO/c8-5-6-3-1-2-4-7(6)9/h1-4,9H,5,8H2. The first kappa shape index (κ1) is 6.21. The van der Waals surface area contributed by atoms with Gasteiger partial charge in [-0.05, 0) is 11.6 Å². The Balaban J connectivity index is 3.01. The maximum absolute atomic E-state index is 9.11. The molecule has 9 heavy (non-hydrogen) atoms. The van der Waals surface area contributed by atoms with Crippen LogP contribution in [0.1, 0.15) is 5.56 Å². The Bertz CT molecular complexity index is 198. The van der Waals surface area contributed by atoms with Crippen molar-refractivity contribution in [2.24, 2.45) is 0 Å². The summed E-state index contributed by atoms with van der Waals surface area (Å²) in [6.07, 6.45) is 0.896. The van der Waals surface area contributed by atoms with Gasteiger partial charge < -0.3 is 5.11 Å². The summed E-state index contributed by atoms with van der Waals surface area (Å²) < 4.78 is 0. The van der Waals surface area contributed by atoms with Crippen LogP contribution in [0.5, 0.6) is 5.75 Å². The number of aromatic hydroxyl groups is 1. The van der Waals surface area contributed by atoms with E-state index in [-0.39, 0.29) is 0 Å². The van der Waals surface area contributed by atoms with Crippen LogP contribution < -0.4 is 0 Å². The van der Waals surface area contributed by atoms with Crippen molar-refractivity contribution in [3.05, 3.63) is 29.8 Å². The number of para-hydroxylation sites is 1. The Hall–Kier alpha value is -0.915. The van der Waals surface area contributed by atoms with Gasteiger partial charge in [0.15, 0.2) is 0 Å². The number of hydrogen-bond donors (Lipinski definition) is 1. The molecule has 1 N–H and O–H groups in total. The fraction of sp³-hybridized carbons (Fsp3) is 0.143. The monoisotopic (exact) mass is 120 g/mol. The molecule has 0 saturated heterocycles. The smallest absolute Gasteiger partial charge is 0.118 e. The average molecular weight is 120 g/mol. The highest BCUT2D eigenvalue weighted by atomic mass is 16.3. The van der Waals surface area contributed by atoms with Gasteiger partial charge in [-0.1, -0.05) is 24.5 Å². The summed E-state index contributed by atoms with van der Waals surface area (Å²) in [4.78, 5) is 0. The van der Waals surface area contributed by atoms with Gasteiger partial charge in [0.1, 0.15) is 13.6 Å². The largest absolute Gasteiger partial charge is 0.508 e. The van der Waals surface area contributed by atoms with Crippen LogP contribution in [0.15, 0.2) is 24.3 Å². The summed E-state index contributed by atoms with van der Waals surface area (Å²) in [6, 6.07) is 7.39. The first-order chi connectivity index (χ1) is 4.34. The lowest BCUT2D eigenvalue weighted by Crippen LogP contribution is -1.81. The molecule has 0 amide bonds. The number of benzene rings is 1. The van der Waals surface area contributed by atoms with Crippen molar-refractivity contribution in [3.8, 4) is 5.75 Å². The third-order valence-corrected chi connectivity index (χ3v) is 1.37. The van der Waals surface area contributed by atoms with Crippen LogP contribution in [-0.4, -0.2) is 13.0 Å². The summed E-state index contributed by atoms with van der Waals surface area (Å²) in [5.41, 5.74) is 1.01. The molecule has 46 valence electrons. The maximum atomic E-state index is 9.11. The van der Waals surface area contributed by atoms with E-state index in [1.165, 1.54) is 0 Å². The number of phenolic OH excluding ortho intramolecular Hbond substituents is 1. The Kier molecular flexibility index (Phi) is 1.78. The van der Waals surface area contributed by atoms with E-state index in [1.807, 2.05) is 26.0 Å². The average Bonchev–Trinajstić information content (AvgIpc) is 1.89. The molecule has 1 nitrogen and oxygen atoms in total. The number of phenols is 1. The van der Waals surface area contributed by atoms with Crippen molar-refractivity contribution in [3.63, 3.8) is 0 Å². The Morgan fingerprint density at radius 3 is 2.44 bits per heavy atom. The van der Waals surface area contributed by atoms with Crippen molar-refractivity contribution in [1.29, 1.82) is 0 Å². The van der Waals surface area contributed by atoms with E-state index in [9.17, 15) is 0 Å². The molecule has 0 aromatic heterocycles. The van der Waals surface area contributed by atoms with Crippen LogP contribution in [-0.2, 0) is 6.32 Å². The van der Waals surface area contributed by atoms with E-state index in [0.717, 1.165) is 11.9 Å². The molecule has 0 spiro atoms. The highest BCUT2D eigenvalue weighted by Gasteiger charge is 1.92. The predicted molar refractivity (Wildman–Crippen MR) is 40.4 cm³/mol. The summed E-state index contributed by atoms with van der Waals surface area (Å²) >= 11 is 0. The molecular weight excluding hydrogens is 111 g/mol. The minimum absolute atomic E-state index is 0.403. The molecule has 0 radical (unpaired) electrons. The van der Waals surface area contributed by atoms with Crippen LogP contribution in [0.4, 0.5) is 0 Å². The molecule has 1 rings (SSSR count). The molecule has 0 aliphatic heterocycles. The van der Waals surface area contributed by atoms with Gasteiger partial charge in [0.25, 0.3) is 0 Å². The molecule has 0 aliphatic rings. The van der Waals surface area contributed by atoms with Crippen LogP contribution in [0.25, 0.3) is 0 Å². The first-order valence-corrected chi connectivity index (χ1v) is 3.11. The van der Waals surface area contributed by atoms with Gasteiger partial charge in [-0.25, -0.2) is 0 Å². The maximum Gasteiger partial charge on any atom is 0.118 e. The summed E-state index contributed by atoms with van der Waals surface area (Å²) in [7, 11) is 2.02. The van der Waals surface area contributed by atoms with Gasteiger partial charge in [-0.3, -0.25) is 0 Å². The van der Waals surface area contributed by atoms with E-state index in [2.05, 4.69) is 0 Å². The molecule has 1 aromatic rings. The lowest BCUT2D eigenvalue weighted by Gasteiger charge is -1.97. The molecule has 0 fully saturated rings. The summed E-state index contributed by atoms with van der Waals surface area (Å²) in [6.45, 7) is 0. The molecule has 0 heterocycles. The van der Waals surface area contributed by atoms with Crippen molar-refractivity contribution in [1.82, 2.24) is 0 Å². The van der Waals surface area contributed by atoms with Crippen LogP contribution in [0.3, 0.4) is 0 Å². The second kappa shape index (κ2) is 2.58. The van der Waals surface area contributed by atoms with Crippen molar-refractivity contribution in [2.75, 3.05) is 0 Å². The van der Waals surface area contributed by atoms with Gasteiger partial charge in [0, 0.05) is 0 Å². The Labute approximate surface area is 55.7 Å². The van der Waals surface area contributed by atoms with E-state index < -0.39 is 0 Å². The number of rotatable bonds is 1. The van der Waals surface area contributed by atoms with Crippen molar-refractivity contribution >= 4 is 7.85 Å². The Morgan fingerprint density at radius 1 is 1.33 bits per heavy atom. The predicted octanol–water partition coefficient (Wildman–Crippen LogP) is 0.525. The van der Waals surface area contributed by atoms with Crippen LogP contribution in [0.2, 0.25) is 0 Å². The molecular formula is C7H9BO. The molecule has 0 bridgehead atoms. The van der Waals surface area contributed by atoms with E-state index in [1.54, 1.807) is 6.07 Å². The summed E-state index contributed by atoms with van der Waals surface area (Å²) in [5, 5.41) is 9.11. The lowest BCUT2D eigenvalue weighted by molar-refractivity contribution is 0.470. The zero-order chi connectivity index (χ0) is 6.69. The molecule has 0 unspecified atom stereocenters. The van der Waals surface area contributed by atoms with Crippen LogP contribution >= 0.6 is 0 Å². The van der Waals surface area contributed by atoms with Crippen molar-refractivity contribution in [2.45, 2.75) is 6.32 Å². The third-order valence-electron chi connectivity index (χ3n) is 1.37. The topological polar surface area (TPSA) is 20.2 Å². The van der Waals surface area contributed by atoms with Crippen LogP contribution in [0, 0.1) is 0 Å². The van der Waals surface area contributed by atoms with Gasteiger partial charge in [0.2, 0.25) is 0 Å². The fourth-order valence-electron chi connectivity index (χ4n) is 0.810. The first-order valence-electron chi connectivity index (χ1n) is 3.11. The zero-order valence-corrected chi connectivity index (χ0v) is 5.46. The normalized spacial score (nSPS) is 9.33. The van der Waals surface area contributed by atoms with Gasteiger partial charge in [-0.15, -0.1) is 0 Å². The highest BCUT2D eigenvalue weighted by molar-refractivity contribution is 6.08. The second-order valence-corrected chi connectivity index (χ2v) is 1.98. The molecule has 0 atom stereocenters. The minimum atomic E-state index is 0.403. The Morgan fingerprint density at radius 2 is 2.00 bits per heavy atom.